The molecule has 1 saturated heterocycles. The van der Waals surface area contributed by atoms with Crippen molar-refractivity contribution in [1.82, 2.24) is 10.2 Å². The van der Waals surface area contributed by atoms with Crippen LogP contribution in [0.3, 0.4) is 0 Å². The first-order valence-corrected chi connectivity index (χ1v) is 8.95. The van der Waals surface area contributed by atoms with E-state index in [1.807, 2.05) is 0 Å². The zero-order valence-corrected chi connectivity index (χ0v) is 14.6. The third kappa shape index (κ3) is 5.96. The van der Waals surface area contributed by atoms with Crippen molar-refractivity contribution in [3.8, 4) is 6.07 Å². The highest BCUT2D eigenvalue weighted by molar-refractivity contribution is 5.06. The van der Waals surface area contributed by atoms with Crippen molar-refractivity contribution in [3.63, 3.8) is 0 Å². The van der Waals surface area contributed by atoms with E-state index in [4.69, 9.17) is 0 Å². The lowest BCUT2D eigenvalue weighted by Gasteiger charge is -2.28. The summed E-state index contributed by atoms with van der Waals surface area (Å²) in [5.74, 6) is 1.73. The van der Waals surface area contributed by atoms with Crippen molar-refractivity contribution < 1.29 is 0 Å². The maximum atomic E-state index is 9.46. The molecule has 3 nitrogen and oxygen atoms in total. The minimum absolute atomic E-state index is 0.304. The molecule has 21 heavy (non-hydrogen) atoms. The van der Waals surface area contributed by atoms with Gasteiger partial charge < -0.3 is 4.90 Å². The van der Waals surface area contributed by atoms with Gasteiger partial charge in [0, 0.05) is 0 Å². The first kappa shape index (κ1) is 18.5. The maximum Gasteiger partial charge on any atom is 0.106 e. The lowest BCUT2D eigenvalue weighted by molar-refractivity contribution is 0.253. The van der Waals surface area contributed by atoms with Gasteiger partial charge >= 0.3 is 0 Å². The smallest absolute Gasteiger partial charge is 0.106 e. The molecule has 1 rings (SSSR count). The van der Waals surface area contributed by atoms with Gasteiger partial charge in [-0.3, -0.25) is 5.32 Å². The van der Waals surface area contributed by atoms with Crippen molar-refractivity contribution >= 4 is 0 Å². The van der Waals surface area contributed by atoms with Crippen molar-refractivity contribution in [3.05, 3.63) is 0 Å². The molecule has 1 aliphatic heterocycles. The molecule has 0 radical (unpaired) electrons. The molecule has 1 N–H and O–H groups in total. The fourth-order valence-corrected chi connectivity index (χ4v) is 3.58. The average molecular weight is 293 g/mol. The van der Waals surface area contributed by atoms with Gasteiger partial charge in [0.25, 0.3) is 0 Å². The average Bonchev–Trinajstić information content (AvgIpc) is 2.72. The molecule has 0 saturated carbocycles. The molecular formula is C18H35N3. The molecule has 3 heteroatoms. The molecule has 1 aliphatic rings. The van der Waals surface area contributed by atoms with Crippen LogP contribution in [-0.4, -0.2) is 36.6 Å². The van der Waals surface area contributed by atoms with E-state index in [-0.39, 0.29) is 5.54 Å². The molecule has 0 spiro atoms. The molecule has 0 aromatic rings. The Morgan fingerprint density at radius 2 is 2.05 bits per heavy atom. The maximum absolute atomic E-state index is 9.46. The van der Waals surface area contributed by atoms with Gasteiger partial charge in [0.05, 0.1) is 6.07 Å². The van der Waals surface area contributed by atoms with E-state index in [9.17, 15) is 5.26 Å². The van der Waals surface area contributed by atoms with Gasteiger partial charge in [-0.05, 0) is 76.5 Å². The standard InChI is InChI=1S/C18H35N3/c1-5-18(15-19,20-6-2)11-8-13-21-12-7-9-17(10-14-21)16(3)4/h16-17,20H,5-14H2,1-4H3. The third-order valence-electron chi connectivity index (χ3n) is 5.22. The molecule has 0 aromatic carbocycles. The highest BCUT2D eigenvalue weighted by atomic mass is 15.1. The van der Waals surface area contributed by atoms with Gasteiger partial charge in [0.15, 0.2) is 0 Å². The quantitative estimate of drug-likeness (QED) is 0.739. The second-order valence-corrected chi connectivity index (χ2v) is 6.96. The SMILES string of the molecule is CCNC(C#N)(CC)CCCN1CCCC(C(C)C)CC1. The predicted octanol–water partition coefficient (Wildman–Crippen LogP) is 3.81. The fourth-order valence-electron chi connectivity index (χ4n) is 3.58. The minimum Gasteiger partial charge on any atom is -0.303 e. The highest BCUT2D eigenvalue weighted by Crippen LogP contribution is 2.25. The van der Waals surface area contributed by atoms with Crippen LogP contribution in [-0.2, 0) is 0 Å². The van der Waals surface area contributed by atoms with Gasteiger partial charge in [-0.25, -0.2) is 0 Å². The summed E-state index contributed by atoms with van der Waals surface area (Å²) >= 11 is 0. The van der Waals surface area contributed by atoms with Crippen LogP contribution < -0.4 is 5.32 Å². The van der Waals surface area contributed by atoms with Gasteiger partial charge in [0.2, 0.25) is 0 Å². The molecule has 1 heterocycles. The van der Waals surface area contributed by atoms with Crippen molar-refractivity contribution in [2.45, 2.75) is 71.8 Å². The van der Waals surface area contributed by atoms with E-state index in [2.05, 4.69) is 44.0 Å². The lowest BCUT2D eigenvalue weighted by atomic mass is 9.89. The zero-order valence-electron chi connectivity index (χ0n) is 14.6. The molecule has 0 aliphatic carbocycles. The molecule has 0 aromatic heterocycles. The summed E-state index contributed by atoms with van der Waals surface area (Å²) < 4.78 is 0. The topological polar surface area (TPSA) is 39.1 Å². The van der Waals surface area contributed by atoms with Crippen molar-refractivity contribution in [2.75, 3.05) is 26.2 Å². The van der Waals surface area contributed by atoms with Crippen LogP contribution in [0.4, 0.5) is 0 Å². The summed E-state index contributed by atoms with van der Waals surface area (Å²) in [5.41, 5.74) is -0.304. The van der Waals surface area contributed by atoms with Crippen LogP contribution in [0.2, 0.25) is 0 Å². The Morgan fingerprint density at radius 3 is 2.62 bits per heavy atom. The number of hydrogen-bond acceptors (Lipinski definition) is 3. The van der Waals surface area contributed by atoms with Gasteiger partial charge in [-0.15, -0.1) is 0 Å². The molecular weight excluding hydrogens is 258 g/mol. The monoisotopic (exact) mass is 293 g/mol. The Labute approximate surface area is 132 Å². The Bertz CT molecular complexity index is 321. The first-order chi connectivity index (χ1) is 10.1. The van der Waals surface area contributed by atoms with Crippen LogP contribution in [0.25, 0.3) is 0 Å². The van der Waals surface area contributed by atoms with Crippen LogP contribution in [0.1, 0.15) is 66.2 Å². The molecule has 2 atom stereocenters. The van der Waals surface area contributed by atoms with E-state index < -0.39 is 0 Å². The number of hydrogen-bond donors (Lipinski definition) is 1. The Kier molecular flexibility index (Phi) is 8.29. The van der Waals surface area contributed by atoms with Crippen molar-refractivity contribution in [2.24, 2.45) is 11.8 Å². The highest BCUT2D eigenvalue weighted by Gasteiger charge is 2.26. The van der Waals surface area contributed by atoms with Gasteiger partial charge in [0.1, 0.15) is 5.54 Å². The Morgan fingerprint density at radius 1 is 1.29 bits per heavy atom. The largest absolute Gasteiger partial charge is 0.303 e. The van der Waals surface area contributed by atoms with Crippen molar-refractivity contribution in [1.29, 1.82) is 5.26 Å². The summed E-state index contributed by atoms with van der Waals surface area (Å²) in [5, 5.41) is 12.8. The van der Waals surface area contributed by atoms with Gasteiger partial charge in [-0.2, -0.15) is 5.26 Å². The normalized spacial score (nSPS) is 23.5. The van der Waals surface area contributed by atoms with Crippen LogP contribution in [0.15, 0.2) is 0 Å². The molecule has 1 fully saturated rings. The second-order valence-electron chi connectivity index (χ2n) is 6.96. The second kappa shape index (κ2) is 9.43. The van der Waals surface area contributed by atoms with Gasteiger partial charge in [-0.1, -0.05) is 27.7 Å². The van der Waals surface area contributed by atoms with E-state index >= 15 is 0 Å². The molecule has 0 amide bonds. The van der Waals surface area contributed by atoms with E-state index in [0.717, 1.165) is 44.2 Å². The predicted molar refractivity (Wildman–Crippen MR) is 90.2 cm³/mol. The summed E-state index contributed by atoms with van der Waals surface area (Å²) in [7, 11) is 0. The zero-order chi connectivity index (χ0) is 15.7. The third-order valence-corrected chi connectivity index (χ3v) is 5.22. The van der Waals surface area contributed by atoms with Crippen LogP contribution >= 0.6 is 0 Å². The minimum atomic E-state index is -0.304. The molecule has 2 unspecified atom stereocenters. The first-order valence-electron chi connectivity index (χ1n) is 8.95. The summed E-state index contributed by atoms with van der Waals surface area (Å²) in [4.78, 5) is 2.62. The number of nitriles is 1. The number of likely N-dealkylation sites (tertiary alicyclic amines) is 1. The molecule has 0 bridgehead atoms. The summed E-state index contributed by atoms with van der Waals surface area (Å²) in [6.07, 6.45) is 7.07. The van der Waals surface area contributed by atoms with Crippen LogP contribution in [0, 0.1) is 23.2 Å². The van der Waals surface area contributed by atoms with E-state index in [1.165, 1.54) is 32.4 Å². The summed E-state index contributed by atoms with van der Waals surface area (Å²) in [6, 6.07) is 2.51. The Balaban J connectivity index is 2.36. The summed E-state index contributed by atoms with van der Waals surface area (Å²) in [6.45, 7) is 13.4. The number of nitrogens with zero attached hydrogens (tertiary/aromatic N) is 2. The van der Waals surface area contributed by atoms with Crippen LogP contribution in [0.5, 0.6) is 0 Å². The molecule has 122 valence electrons. The fraction of sp³-hybridized carbons (Fsp3) is 0.944. The number of rotatable bonds is 8. The number of nitrogens with one attached hydrogen (secondary N) is 1. The Hall–Kier alpha value is -0.590. The lowest BCUT2D eigenvalue weighted by Crippen LogP contribution is -2.43. The van der Waals surface area contributed by atoms with E-state index in [0.29, 0.717) is 0 Å². The van der Waals surface area contributed by atoms with E-state index in [1.54, 1.807) is 0 Å².